The van der Waals surface area contributed by atoms with Gasteiger partial charge in [0.25, 0.3) is 0 Å². The van der Waals surface area contributed by atoms with E-state index < -0.39 is 5.97 Å². The first kappa shape index (κ1) is 23.9. The Bertz CT molecular complexity index is 937. The topological polar surface area (TPSA) is 80.7 Å². The number of benzene rings is 1. The van der Waals surface area contributed by atoms with E-state index in [1.54, 1.807) is 0 Å². The van der Waals surface area contributed by atoms with E-state index >= 15 is 0 Å². The van der Waals surface area contributed by atoms with Crippen molar-refractivity contribution in [2.45, 2.75) is 67.7 Å². The molecule has 3 heterocycles. The van der Waals surface area contributed by atoms with Crippen molar-refractivity contribution in [3.63, 3.8) is 0 Å². The third-order valence-electron chi connectivity index (χ3n) is 6.25. The monoisotopic (exact) mass is 513 g/mol. The zero-order valence-corrected chi connectivity index (χ0v) is 21.1. The summed E-state index contributed by atoms with van der Waals surface area (Å²) in [5, 5.41) is 13.9. The van der Waals surface area contributed by atoms with Crippen molar-refractivity contribution in [3.05, 3.63) is 47.2 Å². The van der Waals surface area contributed by atoms with Crippen molar-refractivity contribution >= 4 is 27.5 Å². The Morgan fingerprint density at radius 3 is 2.76 bits per heavy atom. The number of anilines is 1. The molecule has 0 amide bonds. The zero-order valence-electron chi connectivity index (χ0n) is 19.2. The molecule has 2 N–H and O–H groups in total. The number of carbonyl (C=O) groups is 1. The van der Waals surface area contributed by atoms with Crippen molar-refractivity contribution < 1.29 is 19.4 Å². The fraction of sp³-hybridized carbons (Fsp3) is 0.538. The molecule has 2 aliphatic rings. The van der Waals surface area contributed by atoms with E-state index in [-0.39, 0.29) is 20.5 Å². The summed E-state index contributed by atoms with van der Waals surface area (Å²) in [6.45, 7) is 2.18. The van der Waals surface area contributed by atoms with Crippen LogP contribution in [0.5, 0.6) is 11.5 Å². The number of aromatic nitrogens is 1. The maximum atomic E-state index is 11.7. The fourth-order valence-corrected chi connectivity index (χ4v) is 6.79. The van der Waals surface area contributed by atoms with Crippen LogP contribution in [0.15, 0.2) is 30.3 Å². The van der Waals surface area contributed by atoms with Gasteiger partial charge in [-0.05, 0) is 12.8 Å². The second-order valence-electron chi connectivity index (χ2n) is 8.82. The predicted octanol–water partition coefficient (Wildman–Crippen LogP) is 4.87. The van der Waals surface area contributed by atoms with E-state index in [2.05, 4.69) is 17.4 Å². The predicted molar refractivity (Wildman–Crippen MR) is 131 cm³/mol. The first-order valence-electron chi connectivity index (χ1n) is 12.2. The number of carboxylic acid groups (broad SMARTS) is 1. The Labute approximate surface area is 203 Å². The Hall–Kier alpha value is -2.20. The van der Waals surface area contributed by atoms with Crippen LogP contribution in [0.4, 0.5) is 5.82 Å². The quantitative estimate of drug-likeness (QED) is 0.311. The summed E-state index contributed by atoms with van der Waals surface area (Å²) < 4.78 is 11.0. The van der Waals surface area contributed by atoms with Crippen LogP contribution in [0, 0.1) is 0 Å². The molecule has 0 saturated heterocycles. The van der Waals surface area contributed by atoms with Gasteiger partial charge in [-0.25, -0.2) is 0 Å². The molecule has 33 heavy (non-hydrogen) atoms. The molecule has 4 rings (SSSR count). The molecule has 6 nitrogen and oxygen atoms in total. The molecule has 1 atom stereocenters. The molecule has 1 radical (unpaired) electrons. The van der Waals surface area contributed by atoms with Gasteiger partial charge in [-0.3, -0.25) is 0 Å². The number of nitrogens with one attached hydrogen (secondary N) is 1. The van der Waals surface area contributed by atoms with Gasteiger partial charge in [0.05, 0.1) is 0 Å². The van der Waals surface area contributed by atoms with E-state index in [0.717, 1.165) is 79.6 Å². The SMILES string of the molecule is O=C(O)C(CCCCCCCc1ccc2c(n1)NCCC2)[As]Cc1ccc2c(c1)OCCO2. The van der Waals surface area contributed by atoms with Crippen LogP contribution in [-0.4, -0.2) is 51.6 Å². The number of aliphatic carboxylic acids is 1. The van der Waals surface area contributed by atoms with Gasteiger partial charge < -0.3 is 0 Å². The van der Waals surface area contributed by atoms with Gasteiger partial charge >= 0.3 is 184 Å². The first-order valence-corrected chi connectivity index (χ1v) is 14.6. The summed E-state index contributed by atoms with van der Waals surface area (Å²) in [5.74, 6) is 2.01. The second-order valence-corrected chi connectivity index (χ2v) is 11.6. The molecule has 0 saturated carbocycles. The molecular weight excluding hydrogens is 479 g/mol. The summed E-state index contributed by atoms with van der Waals surface area (Å²) in [6, 6.07) is 10.4. The molecule has 0 bridgehead atoms. The number of nitrogens with zero attached hydrogens (tertiary/aromatic N) is 1. The molecular formula is C26H34AsN2O4. The number of aryl methyl sites for hydroxylation is 2. The Kier molecular flexibility index (Phi) is 8.93. The van der Waals surface area contributed by atoms with Gasteiger partial charge in [0, 0.05) is 6.54 Å². The number of hydrogen-bond donors (Lipinski definition) is 2. The molecule has 7 heteroatoms. The zero-order chi connectivity index (χ0) is 22.9. The summed E-state index contributed by atoms with van der Waals surface area (Å²) in [4.78, 5) is 16.5. The Morgan fingerprint density at radius 1 is 1.06 bits per heavy atom. The molecule has 0 fully saturated rings. The van der Waals surface area contributed by atoms with Gasteiger partial charge in [0.2, 0.25) is 0 Å². The van der Waals surface area contributed by atoms with Gasteiger partial charge in [0.15, 0.2) is 0 Å². The van der Waals surface area contributed by atoms with Crippen LogP contribution in [0.25, 0.3) is 0 Å². The number of hydrogen-bond acceptors (Lipinski definition) is 5. The average Bonchev–Trinajstić information content (AvgIpc) is 2.84. The van der Waals surface area contributed by atoms with E-state index in [1.165, 1.54) is 24.1 Å². The molecule has 1 unspecified atom stereocenters. The van der Waals surface area contributed by atoms with Gasteiger partial charge in [-0.2, -0.15) is 0 Å². The van der Waals surface area contributed by atoms with Crippen molar-refractivity contribution in [2.24, 2.45) is 0 Å². The van der Waals surface area contributed by atoms with Crippen LogP contribution in [-0.2, 0) is 22.8 Å². The second kappa shape index (κ2) is 12.3. The molecule has 0 aliphatic carbocycles. The van der Waals surface area contributed by atoms with Gasteiger partial charge in [-0.15, -0.1) is 0 Å². The number of rotatable bonds is 12. The van der Waals surface area contributed by atoms with Crippen LogP contribution in [0.2, 0.25) is 4.71 Å². The molecule has 177 valence electrons. The van der Waals surface area contributed by atoms with Crippen LogP contribution in [0.1, 0.15) is 61.8 Å². The van der Waals surface area contributed by atoms with E-state index in [1.807, 2.05) is 18.2 Å². The van der Waals surface area contributed by atoms with Crippen LogP contribution in [0.3, 0.4) is 0 Å². The maximum absolute atomic E-state index is 11.7. The van der Waals surface area contributed by atoms with Crippen molar-refractivity contribution in [1.29, 1.82) is 0 Å². The van der Waals surface area contributed by atoms with Gasteiger partial charge in [0.1, 0.15) is 0 Å². The standard InChI is InChI=1S/C26H34AsN2O4/c30-26(31)22(27-18-19-10-13-23-24(17-19)33-16-15-32-23)9-5-3-1-2-4-8-21-12-11-20-7-6-14-28-25(20)29-21/h10-13,17,22H,1-9,14-16,18H2,(H,28,29)(H,30,31). The van der Waals surface area contributed by atoms with Crippen molar-refractivity contribution in [1.82, 2.24) is 4.98 Å². The summed E-state index contributed by atoms with van der Waals surface area (Å²) in [7, 11) is 0. The minimum atomic E-state index is -0.639. The first-order chi connectivity index (χ1) is 16.2. The van der Waals surface area contributed by atoms with Gasteiger partial charge in [-0.1, -0.05) is 0 Å². The number of pyridine rings is 1. The molecule has 1 aromatic heterocycles. The number of carboxylic acids is 1. The Balaban J connectivity index is 1.11. The third-order valence-corrected chi connectivity index (χ3v) is 9.33. The van der Waals surface area contributed by atoms with E-state index in [0.29, 0.717) is 13.2 Å². The molecule has 2 aromatic rings. The molecule has 2 aliphatic heterocycles. The summed E-state index contributed by atoms with van der Waals surface area (Å²) in [5.41, 5.74) is 3.67. The van der Waals surface area contributed by atoms with Crippen molar-refractivity contribution in [3.8, 4) is 11.5 Å². The van der Waals surface area contributed by atoms with Crippen LogP contribution >= 0.6 is 0 Å². The number of unbranched alkanes of at least 4 members (excludes halogenated alkanes) is 4. The Morgan fingerprint density at radius 2 is 1.88 bits per heavy atom. The van der Waals surface area contributed by atoms with Crippen LogP contribution < -0.4 is 14.8 Å². The summed E-state index contributed by atoms with van der Waals surface area (Å²) >= 11 is -0.286. The minimum absolute atomic E-state index is 0.193. The number of fused-ring (bicyclic) bond motifs is 2. The van der Waals surface area contributed by atoms with Crippen molar-refractivity contribution in [2.75, 3.05) is 25.1 Å². The van der Waals surface area contributed by atoms with E-state index in [9.17, 15) is 9.90 Å². The van der Waals surface area contributed by atoms with E-state index in [4.69, 9.17) is 14.5 Å². The fourth-order valence-electron chi connectivity index (χ4n) is 4.38. The number of ether oxygens (including phenoxy) is 2. The molecule has 0 spiro atoms. The summed E-state index contributed by atoms with van der Waals surface area (Å²) in [6.07, 6.45) is 9.71. The normalized spacial score (nSPS) is 15.8. The third kappa shape index (κ3) is 7.14. The average molecular weight is 513 g/mol. The molecule has 1 aromatic carbocycles.